The van der Waals surface area contributed by atoms with Gasteiger partial charge in [-0.25, -0.2) is 0 Å². The highest BCUT2D eigenvalue weighted by molar-refractivity contribution is 6.99. The summed E-state index contributed by atoms with van der Waals surface area (Å²) >= 11 is 0. The third-order valence-electron chi connectivity index (χ3n) is 13.2. The molecule has 3 nitrogen and oxygen atoms in total. The summed E-state index contributed by atoms with van der Waals surface area (Å²) in [5.74, 6) is 0. The summed E-state index contributed by atoms with van der Waals surface area (Å²) in [7, 11) is 0. The molecule has 54 heavy (non-hydrogen) atoms. The van der Waals surface area contributed by atoms with Crippen molar-refractivity contribution < 1.29 is 0 Å². The predicted octanol–water partition coefficient (Wildman–Crippen LogP) is 7.07. The van der Waals surface area contributed by atoms with Gasteiger partial charge in [-0.05, 0) is 91.4 Å². The molecule has 8 aromatic carbocycles. The molecule has 244 valence electrons. The number of fused-ring (bicyclic) bond motifs is 21. The predicted molar refractivity (Wildman–Crippen MR) is 229 cm³/mol. The quantitative estimate of drug-likeness (QED) is 0.159. The van der Waals surface area contributed by atoms with Gasteiger partial charge < -0.3 is 14.4 Å². The van der Waals surface area contributed by atoms with Gasteiger partial charge >= 0.3 is 20.5 Å². The molecule has 0 amide bonds. The first-order valence-corrected chi connectivity index (χ1v) is 19.1. The van der Waals surface area contributed by atoms with Crippen molar-refractivity contribution in [1.29, 1.82) is 0 Å². The van der Waals surface area contributed by atoms with Crippen molar-refractivity contribution in [2.24, 2.45) is 0 Å². The second-order valence-electron chi connectivity index (χ2n) is 15.5. The second kappa shape index (κ2) is 9.66. The maximum Gasteiger partial charge on any atom is 0.329 e. The Labute approximate surface area is 315 Å². The Balaban J connectivity index is 1.09. The van der Waals surface area contributed by atoms with Crippen molar-refractivity contribution in [3.8, 4) is 44.5 Å². The van der Waals surface area contributed by atoms with Gasteiger partial charge in [-0.15, -0.1) is 0 Å². The Kier molecular flexibility index (Phi) is 5.00. The number of nitrogens with zero attached hydrogens (tertiary/aromatic N) is 3. The number of hydrogen-bond acceptors (Lipinski definition) is 3. The van der Waals surface area contributed by atoms with E-state index in [4.69, 9.17) is 0 Å². The zero-order valence-electron chi connectivity index (χ0n) is 29.2. The number of anilines is 6. The zero-order valence-corrected chi connectivity index (χ0v) is 29.2. The normalized spacial score (nSPS) is 14.8. The van der Waals surface area contributed by atoms with E-state index in [0.29, 0.717) is 0 Å². The van der Waals surface area contributed by atoms with Crippen LogP contribution in [0.2, 0.25) is 0 Å². The minimum atomic E-state index is 0.0377. The maximum atomic E-state index is 2.68. The van der Waals surface area contributed by atoms with Gasteiger partial charge in [0.2, 0.25) is 0 Å². The van der Waals surface area contributed by atoms with E-state index in [1.807, 2.05) is 0 Å². The highest BCUT2D eigenvalue weighted by Crippen LogP contribution is 2.56. The number of rotatable bonds is 0. The molecule has 0 aliphatic carbocycles. The topological polar surface area (TPSA) is 9.72 Å². The molecule has 0 saturated carbocycles. The van der Waals surface area contributed by atoms with Gasteiger partial charge in [-0.1, -0.05) is 133 Å². The van der Waals surface area contributed by atoms with E-state index in [0.717, 1.165) is 0 Å². The smallest absolute Gasteiger partial charge is 0.329 e. The third-order valence-corrected chi connectivity index (χ3v) is 13.2. The lowest BCUT2D eigenvalue weighted by atomic mass is 9.35. The summed E-state index contributed by atoms with van der Waals surface area (Å²) in [4.78, 5) is 7.95. The lowest BCUT2D eigenvalue weighted by Crippen LogP contribution is -2.68. The Morgan fingerprint density at radius 2 is 0.500 bits per heavy atom. The highest BCUT2D eigenvalue weighted by Gasteiger charge is 2.53. The fourth-order valence-electron chi connectivity index (χ4n) is 11.4. The van der Waals surface area contributed by atoms with Crippen molar-refractivity contribution in [3.05, 3.63) is 170 Å². The Bertz CT molecular complexity index is 2620. The maximum absolute atomic E-state index is 2.68. The van der Waals surface area contributed by atoms with Crippen LogP contribution in [-0.2, 0) is 0 Å². The van der Waals surface area contributed by atoms with Crippen LogP contribution in [0, 0.1) is 0 Å². The highest BCUT2D eigenvalue weighted by atomic mass is 15.2. The lowest BCUT2D eigenvalue weighted by Gasteiger charge is -2.52. The van der Waals surface area contributed by atoms with Gasteiger partial charge in [0, 0.05) is 56.4 Å². The van der Waals surface area contributed by atoms with Crippen LogP contribution in [0.15, 0.2) is 170 Å². The van der Waals surface area contributed by atoms with E-state index in [2.05, 4.69) is 184 Å². The summed E-state index contributed by atoms with van der Waals surface area (Å²) in [5, 5.41) is 0. The van der Waals surface area contributed by atoms with Gasteiger partial charge in [0.15, 0.2) is 0 Å². The minimum absolute atomic E-state index is 0.0377. The molecule has 0 radical (unpaired) electrons. The molecule has 14 rings (SSSR count). The van der Waals surface area contributed by atoms with Crippen LogP contribution in [-0.4, -0.2) is 20.5 Å². The molecule has 6 heteroatoms. The van der Waals surface area contributed by atoms with Gasteiger partial charge in [-0.2, -0.15) is 0 Å². The largest absolute Gasteiger partial charge is 0.376 e. The van der Waals surface area contributed by atoms with Crippen LogP contribution in [0.1, 0.15) is 0 Å². The standard InChI is InChI=1S/C48H28B3N3/c1-5-17-33-29(13-1)31-15-3-7-23-39(31)52-41-25-11-27-43-47(41)45-35(49(33)52)19-9-21-37(45)51-38-22-10-20-36-46(38)48-42(26-12-28-44(48)54(43)51)53-40-24-8-4-16-32(40)30-14-2-6-18-34(30)50(36)53/h1-28H. The molecule has 0 atom stereocenters. The van der Waals surface area contributed by atoms with Crippen LogP contribution in [0.5, 0.6) is 0 Å². The zero-order chi connectivity index (χ0) is 34.8. The number of benzene rings is 8. The van der Waals surface area contributed by atoms with E-state index in [1.165, 1.54) is 111 Å². The number of para-hydroxylation sites is 2. The molecule has 0 fully saturated rings. The van der Waals surface area contributed by atoms with E-state index in [-0.39, 0.29) is 20.5 Å². The molecule has 6 aliphatic heterocycles. The first-order chi connectivity index (χ1) is 26.9. The summed E-state index contributed by atoms with van der Waals surface area (Å²) in [5.41, 5.74) is 26.7. The van der Waals surface area contributed by atoms with E-state index in [1.54, 1.807) is 0 Å². The molecule has 0 N–H and O–H groups in total. The Morgan fingerprint density at radius 3 is 0.926 bits per heavy atom. The van der Waals surface area contributed by atoms with Crippen molar-refractivity contribution in [1.82, 2.24) is 0 Å². The molecule has 6 aliphatic rings. The lowest BCUT2D eigenvalue weighted by molar-refractivity contribution is 1.29. The van der Waals surface area contributed by atoms with Crippen molar-refractivity contribution in [3.63, 3.8) is 0 Å². The van der Waals surface area contributed by atoms with Crippen LogP contribution < -0.4 is 47.2 Å². The van der Waals surface area contributed by atoms with Crippen LogP contribution >= 0.6 is 0 Å². The van der Waals surface area contributed by atoms with Crippen molar-refractivity contribution in [2.45, 2.75) is 0 Å². The van der Waals surface area contributed by atoms with Gasteiger partial charge in [0.25, 0.3) is 0 Å². The fraction of sp³-hybridized carbons (Fsp3) is 0. The number of hydrogen-bond donors (Lipinski definition) is 0. The second-order valence-corrected chi connectivity index (χ2v) is 15.5. The average molecular weight is 679 g/mol. The molecule has 8 aromatic rings. The molecule has 0 saturated heterocycles. The summed E-state index contributed by atoms with van der Waals surface area (Å²) in [6.07, 6.45) is 0. The summed E-state index contributed by atoms with van der Waals surface area (Å²) < 4.78 is 0. The van der Waals surface area contributed by atoms with E-state index in [9.17, 15) is 0 Å². The average Bonchev–Trinajstić information content (AvgIpc) is 3.24. The Hall–Kier alpha value is -6.65. The monoisotopic (exact) mass is 679 g/mol. The van der Waals surface area contributed by atoms with E-state index < -0.39 is 0 Å². The van der Waals surface area contributed by atoms with Crippen LogP contribution in [0.4, 0.5) is 34.1 Å². The molecule has 6 heterocycles. The van der Waals surface area contributed by atoms with Crippen LogP contribution in [0.25, 0.3) is 44.5 Å². The Morgan fingerprint density at radius 1 is 0.222 bits per heavy atom. The molecule has 0 spiro atoms. The van der Waals surface area contributed by atoms with Gasteiger partial charge in [0.1, 0.15) is 0 Å². The molecule has 0 bridgehead atoms. The summed E-state index contributed by atoms with van der Waals surface area (Å²) in [6.45, 7) is 0.204. The van der Waals surface area contributed by atoms with Gasteiger partial charge in [-0.3, -0.25) is 0 Å². The molecular formula is C48H28B3N3. The fourth-order valence-corrected chi connectivity index (χ4v) is 11.4. The molecule has 0 aromatic heterocycles. The van der Waals surface area contributed by atoms with Crippen molar-refractivity contribution in [2.75, 3.05) is 14.4 Å². The SMILES string of the molecule is c1ccc2c(c1)B1c3cccc4c3-c3c(cccc3N3B4c4cccc5c4-c4c(cccc43)N3B5c4ccccc4-c4ccccc43)N1c1ccccc1-2. The molecule has 0 unspecified atom stereocenters. The first-order valence-electron chi connectivity index (χ1n) is 19.1. The van der Waals surface area contributed by atoms with Crippen molar-refractivity contribution >= 4 is 87.4 Å². The minimum Gasteiger partial charge on any atom is -0.376 e. The van der Waals surface area contributed by atoms with Gasteiger partial charge in [0.05, 0.1) is 0 Å². The van der Waals surface area contributed by atoms with E-state index >= 15 is 0 Å². The van der Waals surface area contributed by atoms with Crippen LogP contribution in [0.3, 0.4) is 0 Å². The summed E-state index contributed by atoms with van der Waals surface area (Å²) in [6, 6.07) is 64.4. The first kappa shape index (κ1) is 27.9. The molecular weight excluding hydrogens is 651 g/mol. The third kappa shape index (κ3) is 3.11.